The highest BCUT2D eigenvalue weighted by molar-refractivity contribution is 4.96. The number of hydrogen-bond acceptors (Lipinski definition) is 2. The normalized spacial score (nSPS) is 25.1. The first kappa shape index (κ1) is 11.6. The molecule has 3 heteroatoms. The summed E-state index contributed by atoms with van der Waals surface area (Å²) in [5, 5.41) is 3.32. The number of rotatable bonds is 5. The Kier molecular flexibility index (Phi) is 3.99. The van der Waals surface area contributed by atoms with E-state index in [0.717, 1.165) is 31.3 Å². The second-order valence-corrected chi connectivity index (χ2v) is 4.84. The predicted molar refractivity (Wildman–Crippen MR) is 66.4 cm³/mol. The van der Waals surface area contributed by atoms with Crippen LogP contribution in [0.3, 0.4) is 0 Å². The fourth-order valence-electron chi connectivity index (χ4n) is 2.97. The highest BCUT2D eigenvalue weighted by Crippen LogP contribution is 2.33. The molecule has 16 heavy (non-hydrogen) atoms. The smallest absolute Gasteiger partial charge is 0.108 e. The van der Waals surface area contributed by atoms with Gasteiger partial charge in [0.25, 0.3) is 0 Å². The van der Waals surface area contributed by atoms with Crippen molar-refractivity contribution in [2.45, 2.75) is 39.2 Å². The maximum absolute atomic E-state index is 4.49. The van der Waals surface area contributed by atoms with Gasteiger partial charge in [-0.25, -0.2) is 4.98 Å². The average molecular weight is 221 g/mol. The third kappa shape index (κ3) is 2.46. The summed E-state index contributed by atoms with van der Waals surface area (Å²) in [5.41, 5.74) is 0. The summed E-state index contributed by atoms with van der Waals surface area (Å²) in [5.74, 6) is 2.96. The number of aryl methyl sites for hydroxylation is 1. The van der Waals surface area contributed by atoms with E-state index in [1.165, 1.54) is 25.1 Å². The summed E-state index contributed by atoms with van der Waals surface area (Å²) >= 11 is 0. The maximum atomic E-state index is 4.49. The molecule has 3 nitrogen and oxygen atoms in total. The molecule has 0 saturated heterocycles. The van der Waals surface area contributed by atoms with Crippen LogP contribution >= 0.6 is 0 Å². The van der Waals surface area contributed by atoms with E-state index in [-0.39, 0.29) is 0 Å². The van der Waals surface area contributed by atoms with E-state index < -0.39 is 0 Å². The molecule has 2 rings (SSSR count). The lowest BCUT2D eigenvalue weighted by Crippen LogP contribution is -2.24. The van der Waals surface area contributed by atoms with Gasteiger partial charge in [-0.1, -0.05) is 6.42 Å². The van der Waals surface area contributed by atoms with E-state index in [0.29, 0.717) is 0 Å². The van der Waals surface area contributed by atoms with Gasteiger partial charge in [-0.2, -0.15) is 0 Å². The van der Waals surface area contributed by atoms with Crippen molar-refractivity contribution in [3.05, 3.63) is 18.2 Å². The molecule has 0 aliphatic heterocycles. The Labute approximate surface area is 98.3 Å². The lowest BCUT2D eigenvalue weighted by molar-refractivity contribution is 0.365. The zero-order valence-corrected chi connectivity index (χ0v) is 10.4. The van der Waals surface area contributed by atoms with Gasteiger partial charge in [0.1, 0.15) is 5.82 Å². The summed E-state index contributed by atoms with van der Waals surface area (Å²) in [6.45, 7) is 4.39. The van der Waals surface area contributed by atoms with E-state index >= 15 is 0 Å². The van der Waals surface area contributed by atoms with Gasteiger partial charge < -0.3 is 9.88 Å². The molecule has 1 aliphatic carbocycles. The molecule has 90 valence electrons. The fraction of sp³-hybridized carbons (Fsp3) is 0.769. The Balaban J connectivity index is 1.98. The SMILES string of the molecule is CCn1ccnc1CC1CCCC1CNC. The molecule has 1 aromatic heterocycles. The van der Waals surface area contributed by atoms with E-state index in [2.05, 4.69) is 35.0 Å². The highest BCUT2D eigenvalue weighted by Gasteiger charge is 2.27. The maximum Gasteiger partial charge on any atom is 0.108 e. The fourth-order valence-corrected chi connectivity index (χ4v) is 2.97. The second-order valence-electron chi connectivity index (χ2n) is 4.84. The summed E-state index contributed by atoms with van der Waals surface area (Å²) in [7, 11) is 2.06. The molecule has 0 aromatic carbocycles. The Morgan fingerprint density at radius 1 is 1.44 bits per heavy atom. The van der Waals surface area contributed by atoms with Gasteiger partial charge in [-0.05, 0) is 45.2 Å². The zero-order valence-electron chi connectivity index (χ0n) is 10.4. The lowest BCUT2D eigenvalue weighted by atomic mass is 9.92. The minimum atomic E-state index is 0.833. The van der Waals surface area contributed by atoms with Crippen molar-refractivity contribution in [2.75, 3.05) is 13.6 Å². The first-order valence-corrected chi connectivity index (χ1v) is 6.49. The minimum absolute atomic E-state index is 0.833. The monoisotopic (exact) mass is 221 g/mol. The molecule has 1 saturated carbocycles. The molecule has 1 aliphatic rings. The molecular formula is C13H23N3. The number of imidazole rings is 1. The van der Waals surface area contributed by atoms with Crippen molar-refractivity contribution in [3.8, 4) is 0 Å². The van der Waals surface area contributed by atoms with Crippen LogP contribution in [0.25, 0.3) is 0 Å². The van der Waals surface area contributed by atoms with Crippen LogP contribution < -0.4 is 5.32 Å². The van der Waals surface area contributed by atoms with Crippen molar-refractivity contribution in [2.24, 2.45) is 11.8 Å². The average Bonchev–Trinajstić information content (AvgIpc) is 2.89. The number of hydrogen-bond donors (Lipinski definition) is 1. The highest BCUT2D eigenvalue weighted by atomic mass is 15.1. The number of nitrogens with zero attached hydrogens (tertiary/aromatic N) is 2. The summed E-state index contributed by atoms with van der Waals surface area (Å²) in [6.07, 6.45) is 9.34. The Bertz CT molecular complexity index is 319. The zero-order chi connectivity index (χ0) is 11.4. The van der Waals surface area contributed by atoms with Gasteiger partial charge in [0, 0.05) is 25.4 Å². The first-order chi connectivity index (χ1) is 7.85. The van der Waals surface area contributed by atoms with Gasteiger partial charge in [0.05, 0.1) is 0 Å². The molecule has 1 fully saturated rings. The third-order valence-electron chi connectivity index (χ3n) is 3.87. The molecule has 1 heterocycles. The van der Waals surface area contributed by atoms with Gasteiger partial charge in [-0.15, -0.1) is 0 Å². The van der Waals surface area contributed by atoms with Crippen molar-refractivity contribution in [3.63, 3.8) is 0 Å². The topological polar surface area (TPSA) is 29.9 Å². The molecular weight excluding hydrogens is 198 g/mol. The summed E-state index contributed by atoms with van der Waals surface area (Å²) < 4.78 is 2.27. The van der Waals surface area contributed by atoms with Crippen LogP contribution in [0.15, 0.2) is 12.4 Å². The van der Waals surface area contributed by atoms with Crippen LogP contribution in [0.5, 0.6) is 0 Å². The Morgan fingerprint density at radius 2 is 2.25 bits per heavy atom. The number of nitrogens with one attached hydrogen (secondary N) is 1. The number of aromatic nitrogens is 2. The van der Waals surface area contributed by atoms with Crippen molar-refractivity contribution in [1.82, 2.24) is 14.9 Å². The molecule has 0 amide bonds. The van der Waals surface area contributed by atoms with E-state index in [4.69, 9.17) is 0 Å². The van der Waals surface area contributed by atoms with Crippen LogP contribution in [-0.4, -0.2) is 23.1 Å². The van der Waals surface area contributed by atoms with E-state index in [1.807, 2.05) is 6.20 Å². The predicted octanol–water partition coefficient (Wildman–Crippen LogP) is 2.08. The van der Waals surface area contributed by atoms with Crippen molar-refractivity contribution in [1.29, 1.82) is 0 Å². The van der Waals surface area contributed by atoms with E-state index in [1.54, 1.807) is 0 Å². The molecule has 1 N–H and O–H groups in total. The Morgan fingerprint density at radius 3 is 3.00 bits per heavy atom. The van der Waals surface area contributed by atoms with Crippen LogP contribution in [0.1, 0.15) is 32.0 Å². The van der Waals surface area contributed by atoms with Crippen LogP contribution in [0.2, 0.25) is 0 Å². The standard InChI is InChI=1S/C13H23N3/c1-3-16-8-7-15-13(16)9-11-5-4-6-12(11)10-14-2/h7-8,11-12,14H,3-6,9-10H2,1-2H3. The lowest BCUT2D eigenvalue weighted by Gasteiger charge is -2.19. The molecule has 0 radical (unpaired) electrons. The van der Waals surface area contributed by atoms with Crippen LogP contribution in [0.4, 0.5) is 0 Å². The van der Waals surface area contributed by atoms with Gasteiger partial charge in [0.2, 0.25) is 0 Å². The van der Waals surface area contributed by atoms with Crippen molar-refractivity contribution >= 4 is 0 Å². The first-order valence-electron chi connectivity index (χ1n) is 6.49. The largest absolute Gasteiger partial charge is 0.335 e. The van der Waals surface area contributed by atoms with Gasteiger partial charge in [-0.3, -0.25) is 0 Å². The van der Waals surface area contributed by atoms with Crippen LogP contribution in [-0.2, 0) is 13.0 Å². The minimum Gasteiger partial charge on any atom is -0.335 e. The van der Waals surface area contributed by atoms with Gasteiger partial charge >= 0.3 is 0 Å². The Hall–Kier alpha value is -0.830. The third-order valence-corrected chi connectivity index (χ3v) is 3.87. The molecule has 0 spiro atoms. The summed E-state index contributed by atoms with van der Waals surface area (Å²) in [6, 6.07) is 0. The van der Waals surface area contributed by atoms with E-state index in [9.17, 15) is 0 Å². The second kappa shape index (κ2) is 5.48. The molecule has 0 bridgehead atoms. The summed E-state index contributed by atoms with van der Waals surface area (Å²) in [4.78, 5) is 4.49. The van der Waals surface area contributed by atoms with Gasteiger partial charge in [0.15, 0.2) is 0 Å². The van der Waals surface area contributed by atoms with Crippen LogP contribution in [0, 0.1) is 11.8 Å². The quantitative estimate of drug-likeness (QED) is 0.825. The molecule has 1 aromatic rings. The van der Waals surface area contributed by atoms with Crippen molar-refractivity contribution < 1.29 is 0 Å². The molecule has 2 unspecified atom stereocenters. The molecule has 2 atom stereocenters.